The molecule has 1 saturated heterocycles. The minimum absolute atomic E-state index is 0.0615. The maximum atomic E-state index is 12.6. The fourth-order valence-electron chi connectivity index (χ4n) is 2.67. The SMILES string of the molecule is Cc1cc(C(=O)N2CCCN(C)CC2)nn1C(C)(C)C. The van der Waals surface area contributed by atoms with Crippen LogP contribution in [0.1, 0.15) is 43.4 Å². The number of carbonyl (C=O) groups excluding carboxylic acids is 1. The van der Waals surface area contributed by atoms with Crippen molar-refractivity contribution >= 4 is 5.91 Å². The molecule has 2 heterocycles. The number of amides is 1. The highest BCUT2D eigenvalue weighted by Crippen LogP contribution is 2.18. The quantitative estimate of drug-likeness (QED) is 0.785. The van der Waals surface area contributed by atoms with E-state index in [1.165, 1.54) is 0 Å². The van der Waals surface area contributed by atoms with Gasteiger partial charge in [-0.3, -0.25) is 9.48 Å². The highest BCUT2D eigenvalue weighted by molar-refractivity contribution is 5.92. The molecule has 0 N–H and O–H groups in total. The van der Waals surface area contributed by atoms with Crippen LogP contribution in [-0.2, 0) is 5.54 Å². The molecule has 0 bridgehead atoms. The van der Waals surface area contributed by atoms with Crippen molar-refractivity contribution in [2.75, 3.05) is 33.2 Å². The van der Waals surface area contributed by atoms with Crippen LogP contribution in [0.2, 0.25) is 0 Å². The van der Waals surface area contributed by atoms with E-state index in [9.17, 15) is 4.79 Å². The third kappa shape index (κ3) is 3.20. The molecule has 0 unspecified atom stereocenters. The number of hydrogen-bond donors (Lipinski definition) is 0. The Kier molecular flexibility index (Phi) is 4.18. The van der Waals surface area contributed by atoms with Crippen LogP contribution in [0.4, 0.5) is 0 Å². The Morgan fingerprint density at radius 3 is 2.50 bits per heavy atom. The molecule has 5 nitrogen and oxygen atoms in total. The lowest BCUT2D eigenvalue weighted by Gasteiger charge is -2.22. The Bertz CT molecular complexity index is 487. The summed E-state index contributed by atoms with van der Waals surface area (Å²) in [7, 11) is 2.10. The zero-order valence-corrected chi connectivity index (χ0v) is 13.3. The molecular weight excluding hydrogens is 252 g/mol. The minimum atomic E-state index is -0.0956. The number of likely N-dealkylation sites (N-methyl/N-ethyl adjacent to an activating group) is 1. The Hall–Kier alpha value is -1.36. The van der Waals surface area contributed by atoms with Gasteiger partial charge in [-0.05, 0) is 53.8 Å². The average Bonchev–Trinajstić information content (AvgIpc) is 2.61. The Labute approximate surface area is 121 Å². The predicted octanol–water partition coefficient (Wildman–Crippen LogP) is 1.72. The van der Waals surface area contributed by atoms with E-state index in [0.29, 0.717) is 5.69 Å². The van der Waals surface area contributed by atoms with Crippen LogP contribution in [0.15, 0.2) is 6.07 Å². The van der Waals surface area contributed by atoms with Gasteiger partial charge < -0.3 is 9.80 Å². The molecule has 0 spiro atoms. The minimum Gasteiger partial charge on any atom is -0.336 e. The van der Waals surface area contributed by atoms with E-state index in [0.717, 1.165) is 38.3 Å². The van der Waals surface area contributed by atoms with Crippen molar-refractivity contribution in [3.63, 3.8) is 0 Å². The summed E-state index contributed by atoms with van der Waals surface area (Å²) in [5, 5.41) is 4.52. The van der Waals surface area contributed by atoms with Crippen molar-refractivity contribution in [3.05, 3.63) is 17.5 Å². The molecule has 1 aromatic rings. The van der Waals surface area contributed by atoms with Crippen LogP contribution in [0.5, 0.6) is 0 Å². The molecule has 112 valence electrons. The Morgan fingerprint density at radius 1 is 1.20 bits per heavy atom. The van der Waals surface area contributed by atoms with Crippen molar-refractivity contribution < 1.29 is 4.79 Å². The number of aromatic nitrogens is 2. The standard InChI is InChI=1S/C15H26N4O/c1-12-11-13(16-19(12)15(2,3)4)14(20)18-8-6-7-17(5)9-10-18/h11H,6-10H2,1-5H3. The van der Waals surface area contributed by atoms with E-state index in [1.54, 1.807) is 0 Å². The molecule has 1 aliphatic heterocycles. The maximum Gasteiger partial charge on any atom is 0.274 e. The second-order valence-electron chi connectivity index (χ2n) is 6.70. The monoisotopic (exact) mass is 278 g/mol. The summed E-state index contributed by atoms with van der Waals surface area (Å²) in [5.41, 5.74) is 1.51. The van der Waals surface area contributed by atoms with Gasteiger partial charge in [-0.1, -0.05) is 0 Å². The van der Waals surface area contributed by atoms with Crippen molar-refractivity contribution in [1.82, 2.24) is 19.6 Å². The van der Waals surface area contributed by atoms with E-state index >= 15 is 0 Å². The van der Waals surface area contributed by atoms with Gasteiger partial charge in [0.1, 0.15) is 0 Å². The molecule has 1 amide bonds. The largest absolute Gasteiger partial charge is 0.336 e. The van der Waals surface area contributed by atoms with Gasteiger partial charge in [-0.25, -0.2) is 0 Å². The molecule has 0 atom stereocenters. The van der Waals surface area contributed by atoms with Crippen molar-refractivity contribution in [3.8, 4) is 0 Å². The normalized spacial score (nSPS) is 18.1. The smallest absolute Gasteiger partial charge is 0.274 e. The number of nitrogens with zero attached hydrogens (tertiary/aromatic N) is 4. The number of aryl methyl sites for hydroxylation is 1. The van der Waals surface area contributed by atoms with Gasteiger partial charge in [-0.15, -0.1) is 0 Å². The molecule has 0 aromatic carbocycles. The lowest BCUT2D eigenvalue weighted by Crippen LogP contribution is -2.35. The summed E-state index contributed by atoms with van der Waals surface area (Å²) < 4.78 is 1.93. The lowest BCUT2D eigenvalue weighted by atomic mass is 10.1. The van der Waals surface area contributed by atoms with Crippen LogP contribution in [-0.4, -0.2) is 58.7 Å². The Morgan fingerprint density at radius 2 is 1.90 bits per heavy atom. The van der Waals surface area contributed by atoms with Crippen LogP contribution in [0.25, 0.3) is 0 Å². The number of carbonyl (C=O) groups is 1. The Balaban J connectivity index is 2.17. The first kappa shape index (κ1) is 15.0. The van der Waals surface area contributed by atoms with E-state index in [2.05, 4.69) is 37.8 Å². The van der Waals surface area contributed by atoms with Crippen LogP contribution in [0, 0.1) is 6.92 Å². The molecule has 20 heavy (non-hydrogen) atoms. The summed E-state index contributed by atoms with van der Waals surface area (Å²) >= 11 is 0. The fourth-order valence-corrected chi connectivity index (χ4v) is 2.67. The van der Waals surface area contributed by atoms with Crippen molar-refractivity contribution in [2.45, 2.75) is 39.7 Å². The summed E-state index contributed by atoms with van der Waals surface area (Å²) in [4.78, 5) is 16.8. The fraction of sp³-hybridized carbons (Fsp3) is 0.733. The second kappa shape index (κ2) is 5.56. The zero-order chi connectivity index (χ0) is 14.9. The lowest BCUT2D eigenvalue weighted by molar-refractivity contribution is 0.0755. The molecule has 0 aliphatic carbocycles. The number of rotatable bonds is 1. The van der Waals surface area contributed by atoms with E-state index in [-0.39, 0.29) is 11.4 Å². The van der Waals surface area contributed by atoms with Crippen LogP contribution in [0.3, 0.4) is 0 Å². The van der Waals surface area contributed by atoms with Crippen LogP contribution < -0.4 is 0 Å². The van der Waals surface area contributed by atoms with Gasteiger partial charge in [0.05, 0.1) is 5.54 Å². The van der Waals surface area contributed by atoms with Gasteiger partial charge in [0.2, 0.25) is 0 Å². The first-order valence-corrected chi connectivity index (χ1v) is 7.34. The van der Waals surface area contributed by atoms with Crippen LogP contribution >= 0.6 is 0 Å². The average molecular weight is 278 g/mol. The summed E-state index contributed by atoms with van der Waals surface area (Å²) in [5.74, 6) is 0.0615. The molecule has 0 saturated carbocycles. The molecular formula is C15H26N4O. The van der Waals surface area contributed by atoms with Gasteiger partial charge in [0.25, 0.3) is 5.91 Å². The van der Waals surface area contributed by atoms with Crippen molar-refractivity contribution in [1.29, 1.82) is 0 Å². The van der Waals surface area contributed by atoms with Gasteiger partial charge in [0.15, 0.2) is 5.69 Å². The maximum absolute atomic E-state index is 12.6. The first-order valence-electron chi connectivity index (χ1n) is 7.34. The molecule has 1 fully saturated rings. The summed E-state index contributed by atoms with van der Waals surface area (Å²) in [6.07, 6.45) is 1.03. The van der Waals surface area contributed by atoms with Gasteiger partial charge in [0, 0.05) is 25.3 Å². The summed E-state index contributed by atoms with van der Waals surface area (Å²) in [6.45, 7) is 11.9. The molecule has 5 heteroatoms. The third-order valence-corrected chi connectivity index (χ3v) is 3.75. The highest BCUT2D eigenvalue weighted by Gasteiger charge is 2.24. The van der Waals surface area contributed by atoms with E-state index in [1.807, 2.05) is 22.6 Å². The molecule has 1 aromatic heterocycles. The van der Waals surface area contributed by atoms with Crippen molar-refractivity contribution in [2.24, 2.45) is 0 Å². The highest BCUT2D eigenvalue weighted by atomic mass is 16.2. The molecule has 2 rings (SSSR count). The zero-order valence-electron chi connectivity index (χ0n) is 13.3. The van der Waals surface area contributed by atoms with E-state index in [4.69, 9.17) is 0 Å². The van der Waals surface area contributed by atoms with Gasteiger partial charge in [-0.2, -0.15) is 5.10 Å². The third-order valence-electron chi connectivity index (χ3n) is 3.75. The molecule has 0 radical (unpaired) electrons. The van der Waals surface area contributed by atoms with Gasteiger partial charge >= 0.3 is 0 Å². The van der Waals surface area contributed by atoms with E-state index < -0.39 is 0 Å². The predicted molar refractivity (Wildman–Crippen MR) is 80.0 cm³/mol. The topological polar surface area (TPSA) is 41.4 Å². The number of hydrogen-bond acceptors (Lipinski definition) is 3. The molecule has 1 aliphatic rings. The summed E-state index contributed by atoms with van der Waals surface area (Å²) in [6, 6.07) is 1.90. The second-order valence-corrected chi connectivity index (χ2v) is 6.70. The first-order chi connectivity index (χ1) is 9.29.